The highest BCUT2D eigenvalue weighted by Crippen LogP contribution is 2.46. The third kappa shape index (κ3) is 3.07. The summed E-state index contributed by atoms with van der Waals surface area (Å²) in [5, 5.41) is -0.236. The number of benzene rings is 2. The Kier molecular flexibility index (Phi) is 5.00. The summed E-state index contributed by atoms with van der Waals surface area (Å²) in [6.45, 7) is 0. The van der Waals surface area contributed by atoms with Crippen molar-refractivity contribution in [3.05, 3.63) is 78.1 Å². The van der Waals surface area contributed by atoms with E-state index < -0.39 is 11.6 Å². The molecule has 154 valence electrons. The zero-order valence-corrected chi connectivity index (χ0v) is 19.5. The number of aromatic nitrogens is 2. The average Bonchev–Trinajstić information content (AvgIpc) is 3.38. The van der Waals surface area contributed by atoms with Crippen molar-refractivity contribution in [3.63, 3.8) is 0 Å². The molecule has 2 heterocycles. The number of Topliss-reactive ketones (excluding diaryl/α,β-unsaturated/α-hetero) is 2. The van der Waals surface area contributed by atoms with Crippen LogP contribution in [-0.2, 0) is 7.05 Å². The van der Waals surface area contributed by atoms with Crippen molar-refractivity contribution in [2.45, 2.75) is 0 Å². The first-order valence-corrected chi connectivity index (χ1v) is 11.3. The lowest BCUT2D eigenvalue weighted by Crippen LogP contribution is -2.00. The number of thiophene rings is 1. The molecule has 1 aliphatic carbocycles. The monoisotopic (exact) mass is 506 g/mol. The minimum atomic E-state index is -0.527. The molecule has 31 heavy (non-hydrogen) atoms. The zero-order valence-electron chi connectivity index (χ0n) is 15.7. The average molecular weight is 508 g/mol. The van der Waals surface area contributed by atoms with Gasteiger partial charge in [-0.2, -0.15) is 0 Å². The number of carbonyl (C=O) groups is 2. The fourth-order valence-corrected chi connectivity index (χ4v) is 5.64. The van der Waals surface area contributed by atoms with E-state index in [0.29, 0.717) is 4.88 Å². The standard InChI is InChI=1S/C22H10Cl4N2O2S/c1-28-12-8-10(31-22(12)27-21(28)9-5-3-2-4-6-9)7-11-19(29)13-14(20(11)30)16(24)18(26)17(25)15(13)23/h2-8H,1H3. The van der Waals surface area contributed by atoms with Gasteiger partial charge in [0.25, 0.3) is 0 Å². The Labute approximate surface area is 200 Å². The summed E-state index contributed by atoms with van der Waals surface area (Å²) in [4.78, 5) is 32.1. The molecule has 5 rings (SSSR count). The third-order valence-electron chi connectivity index (χ3n) is 5.13. The van der Waals surface area contributed by atoms with Gasteiger partial charge in [-0.3, -0.25) is 9.59 Å². The van der Waals surface area contributed by atoms with Crippen LogP contribution >= 0.6 is 57.7 Å². The summed E-state index contributed by atoms with van der Waals surface area (Å²) in [6.07, 6.45) is 1.54. The Morgan fingerprint density at radius 1 is 0.903 bits per heavy atom. The van der Waals surface area contributed by atoms with Crippen molar-refractivity contribution in [2.24, 2.45) is 7.05 Å². The number of hydrogen-bond donors (Lipinski definition) is 0. The molecule has 0 amide bonds. The summed E-state index contributed by atoms with van der Waals surface area (Å²) in [7, 11) is 1.92. The predicted molar refractivity (Wildman–Crippen MR) is 127 cm³/mol. The normalized spacial score (nSPS) is 13.4. The fourth-order valence-electron chi connectivity index (χ4n) is 3.62. The summed E-state index contributed by atoms with van der Waals surface area (Å²) in [5.41, 5.74) is 1.84. The van der Waals surface area contributed by atoms with Crippen molar-refractivity contribution in [1.29, 1.82) is 0 Å². The van der Waals surface area contributed by atoms with Gasteiger partial charge in [0.1, 0.15) is 10.7 Å². The maximum atomic E-state index is 13.0. The van der Waals surface area contributed by atoms with E-state index in [-0.39, 0.29) is 36.8 Å². The molecule has 0 fully saturated rings. The number of ketones is 2. The summed E-state index contributed by atoms with van der Waals surface area (Å²) in [5.74, 6) is -0.217. The molecule has 0 atom stereocenters. The van der Waals surface area contributed by atoms with Crippen LogP contribution in [0.25, 0.3) is 27.8 Å². The van der Waals surface area contributed by atoms with Crippen molar-refractivity contribution in [3.8, 4) is 11.4 Å². The van der Waals surface area contributed by atoms with Gasteiger partial charge in [0, 0.05) is 17.5 Å². The van der Waals surface area contributed by atoms with Crippen LogP contribution in [0.1, 0.15) is 25.6 Å². The molecule has 0 unspecified atom stereocenters. The minimum absolute atomic E-state index is 0.0112. The zero-order chi connectivity index (χ0) is 22.0. The molecule has 0 bridgehead atoms. The lowest BCUT2D eigenvalue weighted by molar-refractivity contribution is 0.0990. The van der Waals surface area contributed by atoms with E-state index in [1.807, 2.05) is 48.0 Å². The van der Waals surface area contributed by atoms with Gasteiger partial charge in [-0.05, 0) is 12.1 Å². The third-order valence-corrected chi connectivity index (χ3v) is 7.90. The molecular formula is C22H10Cl4N2O2S. The van der Waals surface area contributed by atoms with Gasteiger partial charge in [0.2, 0.25) is 0 Å². The highest BCUT2D eigenvalue weighted by Gasteiger charge is 2.39. The second-order valence-corrected chi connectivity index (χ2v) is 9.50. The van der Waals surface area contributed by atoms with E-state index in [2.05, 4.69) is 0 Å². The van der Waals surface area contributed by atoms with Crippen LogP contribution in [0, 0.1) is 0 Å². The number of imidazole rings is 1. The van der Waals surface area contributed by atoms with Gasteiger partial charge >= 0.3 is 0 Å². The molecule has 0 saturated heterocycles. The Morgan fingerprint density at radius 3 is 2.03 bits per heavy atom. The number of hydrogen-bond acceptors (Lipinski definition) is 4. The molecule has 0 saturated carbocycles. The molecule has 9 heteroatoms. The highest BCUT2D eigenvalue weighted by molar-refractivity contribution is 7.19. The lowest BCUT2D eigenvalue weighted by Gasteiger charge is -2.07. The van der Waals surface area contributed by atoms with Gasteiger partial charge in [0.05, 0.1) is 42.3 Å². The maximum absolute atomic E-state index is 13.0. The van der Waals surface area contributed by atoms with Gasteiger partial charge in [-0.25, -0.2) is 4.98 Å². The van der Waals surface area contributed by atoms with Crippen molar-refractivity contribution >= 4 is 85.7 Å². The van der Waals surface area contributed by atoms with Crippen molar-refractivity contribution in [2.75, 3.05) is 0 Å². The van der Waals surface area contributed by atoms with Gasteiger partial charge < -0.3 is 4.57 Å². The van der Waals surface area contributed by atoms with E-state index in [1.54, 1.807) is 0 Å². The Hall–Kier alpha value is -2.15. The van der Waals surface area contributed by atoms with Crippen LogP contribution < -0.4 is 0 Å². The van der Waals surface area contributed by atoms with Crippen LogP contribution in [-0.4, -0.2) is 21.1 Å². The van der Waals surface area contributed by atoms with E-state index in [9.17, 15) is 9.59 Å². The summed E-state index contributed by atoms with van der Waals surface area (Å²) >= 11 is 25.9. The van der Waals surface area contributed by atoms with Crippen LogP contribution in [0.2, 0.25) is 20.1 Å². The van der Waals surface area contributed by atoms with Gasteiger partial charge in [-0.15, -0.1) is 11.3 Å². The number of carbonyl (C=O) groups excluding carboxylic acids is 2. The molecule has 4 nitrogen and oxygen atoms in total. The summed E-state index contributed by atoms with van der Waals surface area (Å²) < 4.78 is 1.98. The fraction of sp³-hybridized carbons (Fsp3) is 0.0455. The molecule has 0 N–H and O–H groups in total. The second-order valence-electron chi connectivity index (χ2n) is 6.92. The number of fused-ring (bicyclic) bond motifs is 2. The lowest BCUT2D eigenvalue weighted by atomic mass is 10.1. The summed E-state index contributed by atoms with van der Waals surface area (Å²) in [6, 6.07) is 11.7. The number of allylic oxidation sites excluding steroid dienone is 1. The first kappa shape index (κ1) is 20.7. The predicted octanol–water partition coefficient (Wildman–Crippen LogP) is 7.38. The van der Waals surface area contributed by atoms with E-state index in [1.165, 1.54) is 17.4 Å². The molecule has 4 aromatic rings. The van der Waals surface area contributed by atoms with E-state index in [0.717, 1.165) is 21.7 Å². The van der Waals surface area contributed by atoms with Gasteiger partial charge in [0.15, 0.2) is 11.6 Å². The molecule has 2 aromatic carbocycles. The number of nitrogens with zero attached hydrogens (tertiary/aromatic N) is 2. The van der Waals surface area contributed by atoms with Crippen LogP contribution in [0.5, 0.6) is 0 Å². The molecule has 2 aromatic heterocycles. The smallest absolute Gasteiger partial charge is 0.199 e. The quantitative estimate of drug-likeness (QED) is 0.123. The van der Waals surface area contributed by atoms with E-state index in [4.69, 9.17) is 51.4 Å². The van der Waals surface area contributed by atoms with Crippen LogP contribution in [0.4, 0.5) is 0 Å². The van der Waals surface area contributed by atoms with Crippen LogP contribution in [0.15, 0.2) is 42.0 Å². The molecule has 0 radical (unpaired) electrons. The van der Waals surface area contributed by atoms with Crippen molar-refractivity contribution < 1.29 is 9.59 Å². The minimum Gasteiger partial charge on any atom is -0.326 e. The number of halogens is 4. The Balaban J connectivity index is 1.60. The number of aryl methyl sites for hydroxylation is 1. The topological polar surface area (TPSA) is 52.0 Å². The maximum Gasteiger partial charge on any atom is 0.199 e. The van der Waals surface area contributed by atoms with E-state index >= 15 is 0 Å². The van der Waals surface area contributed by atoms with Crippen molar-refractivity contribution in [1.82, 2.24) is 9.55 Å². The molecule has 1 aliphatic rings. The number of rotatable bonds is 2. The molecular weight excluding hydrogens is 498 g/mol. The first-order chi connectivity index (χ1) is 14.8. The largest absolute Gasteiger partial charge is 0.326 e. The first-order valence-electron chi connectivity index (χ1n) is 8.98. The molecule has 0 aliphatic heterocycles. The SMILES string of the molecule is Cn1c(-c2ccccc2)nc2sc(C=C3C(=O)c4c(Cl)c(Cl)c(Cl)c(Cl)c4C3=O)cc21. The molecule has 0 spiro atoms. The Morgan fingerprint density at radius 2 is 1.48 bits per heavy atom. The van der Waals surface area contributed by atoms with Gasteiger partial charge in [-0.1, -0.05) is 76.7 Å². The highest BCUT2D eigenvalue weighted by atomic mass is 35.5. The second kappa shape index (κ2) is 7.47. The Bertz CT molecular complexity index is 1420. The van der Waals surface area contributed by atoms with Crippen LogP contribution in [0.3, 0.4) is 0 Å².